The lowest BCUT2D eigenvalue weighted by molar-refractivity contribution is 0.0689. The van der Waals surface area contributed by atoms with E-state index in [1.807, 2.05) is 0 Å². The first-order valence-corrected chi connectivity index (χ1v) is 7.11. The molecule has 0 aliphatic rings. The van der Waals surface area contributed by atoms with E-state index in [0.717, 1.165) is 11.6 Å². The number of benzene rings is 1. The molecule has 0 unspecified atom stereocenters. The lowest BCUT2D eigenvalue weighted by Crippen LogP contribution is -2.13. The Hall–Kier alpha value is -1.50. The number of aromatic amines is 1. The molecule has 0 saturated carbocycles. The van der Waals surface area contributed by atoms with Gasteiger partial charge in [-0.25, -0.2) is 9.78 Å². The van der Waals surface area contributed by atoms with Crippen molar-refractivity contribution in [3.63, 3.8) is 0 Å². The van der Waals surface area contributed by atoms with Crippen molar-refractivity contribution < 1.29 is 9.90 Å². The summed E-state index contributed by atoms with van der Waals surface area (Å²) in [5.74, 6) is -0.815. The van der Waals surface area contributed by atoms with Crippen LogP contribution in [0.4, 0.5) is 0 Å². The molecule has 0 radical (unpaired) electrons. The van der Waals surface area contributed by atoms with Crippen molar-refractivity contribution in [2.24, 2.45) is 0 Å². The van der Waals surface area contributed by atoms with Crippen molar-refractivity contribution in [2.45, 2.75) is 10.9 Å². The van der Waals surface area contributed by atoms with Gasteiger partial charge in [-0.3, -0.25) is 4.79 Å². The molecule has 0 fully saturated rings. The minimum absolute atomic E-state index is 0.223. The third-order valence-corrected chi connectivity index (χ3v) is 3.83. The quantitative estimate of drug-likeness (QED) is 0.664. The van der Waals surface area contributed by atoms with Crippen LogP contribution in [0, 0.1) is 0 Å². The average molecular weight is 331 g/mol. The summed E-state index contributed by atoms with van der Waals surface area (Å²) in [5.41, 5.74) is 0.00463. The third kappa shape index (κ3) is 3.75. The number of nitrogens with one attached hydrogen (secondary N) is 1. The third-order valence-electron chi connectivity index (χ3n) is 2.32. The van der Waals surface area contributed by atoms with Gasteiger partial charge in [0.1, 0.15) is 0 Å². The molecule has 20 heavy (non-hydrogen) atoms. The van der Waals surface area contributed by atoms with E-state index in [0.29, 0.717) is 15.8 Å². The fraction of sp³-hybridized carbons (Fsp3) is 0.0833. The minimum Gasteiger partial charge on any atom is -0.477 e. The van der Waals surface area contributed by atoms with E-state index in [-0.39, 0.29) is 10.9 Å². The molecule has 2 N–H and O–H groups in total. The van der Waals surface area contributed by atoms with Gasteiger partial charge in [-0.15, -0.1) is 0 Å². The molecule has 2 rings (SSSR count). The van der Waals surface area contributed by atoms with Gasteiger partial charge in [0.25, 0.3) is 5.56 Å². The Labute approximate surface area is 128 Å². The molecule has 2 aromatic rings. The molecule has 0 aliphatic carbocycles. The van der Waals surface area contributed by atoms with E-state index in [1.165, 1.54) is 11.8 Å². The van der Waals surface area contributed by atoms with Crippen molar-refractivity contribution in [2.75, 3.05) is 0 Å². The number of H-pyrrole nitrogens is 1. The summed E-state index contributed by atoms with van der Waals surface area (Å²) < 4.78 is 0. The Morgan fingerprint density at radius 1 is 1.35 bits per heavy atom. The van der Waals surface area contributed by atoms with Crippen LogP contribution in [0.1, 0.15) is 16.1 Å². The lowest BCUT2D eigenvalue weighted by Gasteiger charge is -2.04. The second kappa shape index (κ2) is 6.30. The molecular weight excluding hydrogens is 323 g/mol. The van der Waals surface area contributed by atoms with Crippen LogP contribution in [0.15, 0.2) is 34.2 Å². The number of carboxylic acid groups (broad SMARTS) is 1. The fourth-order valence-corrected chi connectivity index (χ4v) is 2.83. The van der Waals surface area contributed by atoms with Crippen LogP contribution in [-0.2, 0) is 5.75 Å². The highest BCUT2D eigenvalue weighted by Crippen LogP contribution is 2.26. The number of thioether (sulfide) groups is 1. The maximum atomic E-state index is 11.3. The van der Waals surface area contributed by atoms with Crippen molar-refractivity contribution >= 4 is 40.9 Å². The minimum atomic E-state index is -1.25. The average Bonchev–Trinajstić information content (AvgIpc) is 2.37. The molecule has 0 spiro atoms. The molecule has 0 atom stereocenters. The van der Waals surface area contributed by atoms with Crippen molar-refractivity contribution in [1.29, 1.82) is 0 Å². The fourth-order valence-electron chi connectivity index (χ4n) is 1.40. The smallest absolute Gasteiger partial charge is 0.354 e. The lowest BCUT2D eigenvalue weighted by atomic mass is 10.2. The molecular formula is C12H8Cl2N2O3S. The highest BCUT2D eigenvalue weighted by molar-refractivity contribution is 7.98. The van der Waals surface area contributed by atoms with Crippen LogP contribution in [0.2, 0.25) is 10.0 Å². The number of rotatable bonds is 4. The number of halogens is 2. The predicted molar refractivity (Wildman–Crippen MR) is 77.8 cm³/mol. The Morgan fingerprint density at radius 2 is 2.10 bits per heavy atom. The van der Waals surface area contributed by atoms with E-state index >= 15 is 0 Å². The molecule has 8 heteroatoms. The van der Waals surface area contributed by atoms with Crippen LogP contribution >= 0.6 is 35.0 Å². The number of hydrogen-bond donors (Lipinski definition) is 2. The van der Waals surface area contributed by atoms with Crippen molar-refractivity contribution in [3.05, 3.63) is 55.9 Å². The zero-order chi connectivity index (χ0) is 14.7. The highest BCUT2D eigenvalue weighted by Gasteiger charge is 2.09. The topological polar surface area (TPSA) is 83.0 Å². The largest absolute Gasteiger partial charge is 0.477 e. The Bertz CT molecular complexity index is 718. The summed E-state index contributed by atoms with van der Waals surface area (Å²) in [5, 5.41) is 10.1. The van der Waals surface area contributed by atoms with E-state index < -0.39 is 11.5 Å². The standard InChI is InChI=1S/C12H8Cl2N2O3S/c13-7-2-1-6(8(14)3-7)5-20-12-15-9(11(18)19)4-10(17)16-12/h1-4H,5H2,(H,18,19)(H,15,16,17). The zero-order valence-corrected chi connectivity index (χ0v) is 12.2. The first kappa shape index (κ1) is 14.9. The maximum Gasteiger partial charge on any atom is 0.354 e. The highest BCUT2D eigenvalue weighted by atomic mass is 35.5. The molecule has 104 valence electrons. The number of aromatic nitrogens is 2. The summed E-state index contributed by atoms with van der Waals surface area (Å²) in [7, 11) is 0. The second-order valence-corrected chi connectivity index (χ2v) is 5.57. The van der Waals surface area contributed by atoms with Gasteiger partial charge in [0.2, 0.25) is 0 Å². The van der Waals surface area contributed by atoms with Crippen LogP contribution in [0.3, 0.4) is 0 Å². The van der Waals surface area contributed by atoms with E-state index in [9.17, 15) is 9.59 Å². The molecule has 0 amide bonds. The van der Waals surface area contributed by atoms with Gasteiger partial charge in [-0.2, -0.15) is 0 Å². The van der Waals surface area contributed by atoms with Gasteiger partial charge >= 0.3 is 5.97 Å². The van der Waals surface area contributed by atoms with Crippen LogP contribution in [-0.4, -0.2) is 21.0 Å². The van der Waals surface area contributed by atoms with E-state index in [2.05, 4.69) is 9.97 Å². The number of hydrogen-bond acceptors (Lipinski definition) is 4. The molecule has 0 aliphatic heterocycles. The first-order valence-electron chi connectivity index (χ1n) is 5.37. The maximum absolute atomic E-state index is 11.3. The van der Waals surface area contributed by atoms with Gasteiger partial charge in [0.05, 0.1) is 0 Å². The molecule has 1 aromatic heterocycles. The number of carboxylic acids is 1. The predicted octanol–water partition coefficient (Wildman–Crippen LogP) is 3.07. The van der Waals surface area contributed by atoms with Gasteiger partial charge in [-0.1, -0.05) is 41.0 Å². The first-order chi connectivity index (χ1) is 9.45. The van der Waals surface area contributed by atoms with E-state index in [1.54, 1.807) is 18.2 Å². The number of carbonyl (C=O) groups is 1. The molecule has 0 saturated heterocycles. The van der Waals surface area contributed by atoms with Gasteiger partial charge in [0.15, 0.2) is 10.9 Å². The van der Waals surface area contributed by atoms with Crippen LogP contribution in [0.25, 0.3) is 0 Å². The Kier molecular flexibility index (Phi) is 4.69. The Balaban J connectivity index is 2.18. The molecule has 0 bridgehead atoms. The summed E-state index contributed by atoms with van der Waals surface area (Å²) in [6.45, 7) is 0. The molecule has 5 nitrogen and oxygen atoms in total. The van der Waals surface area contributed by atoms with Gasteiger partial charge in [-0.05, 0) is 17.7 Å². The van der Waals surface area contributed by atoms with E-state index in [4.69, 9.17) is 28.3 Å². The summed E-state index contributed by atoms with van der Waals surface area (Å²) in [4.78, 5) is 28.4. The summed E-state index contributed by atoms with van der Waals surface area (Å²) in [6, 6.07) is 6.01. The van der Waals surface area contributed by atoms with Crippen LogP contribution < -0.4 is 5.56 Å². The normalized spacial score (nSPS) is 10.5. The monoisotopic (exact) mass is 330 g/mol. The van der Waals surface area contributed by atoms with Gasteiger partial charge < -0.3 is 10.1 Å². The van der Waals surface area contributed by atoms with Crippen LogP contribution in [0.5, 0.6) is 0 Å². The van der Waals surface area contributed by atoms with Crippen molar-refractivity contribution in [1.82, 2.24) is 9.97 Å². The Morgan fingerprint density at radius 3 is 2.75 bits per heavy atom. The van der Waals surface area contributed by atoms with Gasteiger partial charge in [0, 0.05) is 21.9 Å². The van der Waals surface area contributed by atoms with Crippen molar-refractivity contribution in [3.8, 4) is 0 Å². The summed E-state index contributed by atoms with van der Waals surface area (Å²) >= 11 is 13.0. The number of nitrogens with zero attached hydrogens (tertiary/aromatic N) is 1. The summed E-state index contributed by atoms with van der Waals surface area (Å²) in [6.07, 6.45) is 0. The SMILES string of the molecule is O=C(O)c1cc(=O)[nH]c(SCc2ccc(Cl)cc2Cl)n1. The molecule has 1 aromatic carbocycles. The number of aromatic carboxylic acids is 1. The molecule has 1 heterocycles. The zero-order valence-electron chi connectivity index (χ0n) is 9.89. The second-order valence-electron chi connectivity index (χ2n) is 3.77.